The molecule has 0 saturated heterocycles. The summed E-state index contributed by atoms with van der Waals surface area (Å²) in [6.45, 7) is 8.97. The Labute approximate surface area is 219 Å². The number of rotatable bonds is 15. The maximum Gasteiger partial charge on any atom is 0.166 e. The molecule has 0 bridgehead atoms. The summed E-state index contributed by atoms with van der Waals surface area (Å²) in [4.78, 5) is 26.1. The Hall–Kier alpha value is -3.36. The van der Waals surface area contributed by atoms with Crippen molar-refractivity contribution in [3.05, 3.63) is 53.1 Å². The monoisotopic (exact) mass is 512 g/mol. The van der Waals surface area contributed by atoms with E-state index in [-0.39, 0.29) is 29.8 Å². The van der Waals surface area contributed by atoms with Crippen molar-refractivity contribution in [1.29, 1.82) is 0 Å². The second-order valence-corrected chi connectivity index (χ2v) is 8.94. The minimum atomic E-state index is -0.364. The van der Waals surface area contributed by atoms with Crippen molar-refractivity contribution < 1.29 is 28.5 Å². The molecule has 2 rings (SSSR count). The highest BCUT2D eigenvalue weighted by molar-refractivity contribution is 6.11. The summed E-state index contributed by atoms with van der Waals surface area (Å²) < 4.78 is 22.1. The summed E-state index contributed by atoms with van der Waals surface area (Å²) >= 11 is 0. The van der Waals surface area contributed by atoms with Gasteiger partial charge in [-0.05, 0) is 66.3 Å². The lowest BCUT2D eigenvalue weighted by atomic mass is 9.83. The highest BCUT2D eigenvalue weighted by atomic mass is 16.5. The maximum atomic E-state index is 13.1. The lowest BCUT2D eigenvalue weighted by Crippen LogP contribution is -2.21. The molecule has 2 aromatic rings. The first-order valence-corrected chi connectivity index (χ1v) is 12.4. The van der Waals surface area contributed by atoms with E-state index >= 15 is 0 Å². The van der Waals surface area contributed by atoms with Crippen LogP contribution in [0.2, 0.25) is 0 Å². The van der Waals surface area contributed by atoms with E-state index in [0.717, 1.165) is 16.7 Å². The first kappa shape index (κ1) is 29.9. The van der Waals surface area contributed by atoms with Crippen molar-refractivity contribution in [2.75, 3.05) is 40.5 Å². The van der Waals surface area contributed by atoms with Crippen LogP contribution < -0.4 is 30.4 Å². The van der Waals surface area contributed by atoms with Crippen molar-refractivity contribution in [2.45, 2.75) is 40.0 Å². The molecule has 0 aliphatic heterocycles. The number of allylic oxidation sites excluding steroid dienone is 2. The Morgan fingerprint density at radius 3 is 1.89 bits per heavy atom. The lowest BCUT2D eigenvalue weighted by molar-refractivity contribution is -0.127. The number of ether oxygens (including phenoxy) is 4. The maximum absolute atomic E-state index is 13.1. The van der Waals surface area contributed by atoms with Gasteiger partial charge in [0.25, 0.3) is 0 Å². The standard InChI is InChI=1S/C29H40N2O6/c1-18(22-7-9-26(36-13-11-30)28(15-22)34-5)20(3)24(32)17-25(33)21(4)19(2)23-8-10-27(37-14-12-31)29(16-23)35-6/h7-10,15-16,18,20H,11-14,17,30-31H2,1-6H3/b21-19+. The van der Waals surface area contributed by atoms with Gasteiger partial charge in [0.15, 0.2) is 28.8 Å². The Morgan fingerprint density at radius 1 is 0.811 bits per heavy atom. The van der Waals surface area contributed by atoms with Crippen LogP contribution in [-0.2, 0) is 9.59 Å². The third kappa shape index (κ3) is 7.81. The summed E-state index contributed by atoms with van der Waals surface area (Å²) in [7, 11) is 3.13. The van der Waals surface area contributed by atoms with E-state index in [1.807, 2.05) is 51.1 Å². The zero-order valence-electron chi connectivity index (χ0n) is 22.8. The molecular weight excluding hydrogens is 472 g/mol. The number of ketones is 2. The summed E-state index contributed by atoms with van der Waals surface area (Å²) in [5, 5.41) is 0. The van der Waals surface area contributed by atoms with Gasteiger partial charge in [0.1, 0.15) is 19.0 Å². The van der Waals surface area contributed by atoms with Crippen molar-refractivity contribution in [3.8, 4) is 23.0 Å². The summed E-state index contributed by atoms with van der Waals surface area (Å²) in [5.74, 6) is 1.52. The fourth-order valence-electron chi connectivity index (χ4n) is 3.89. The first-order chi connectivity index (χ1) is 17.7. The largest absolute Gasteiger partial charge is 0.493 e. The fraction of sp³-hybridized carbons (Fsp3) is 0.448. The molecule has 0 heterocycles. The molecule has 0 amide bonds. The van der Waals surface area contributed by atoms with Crippen LogP contribution in [-0.4, -0.2) is 52.1 Å². The normalized spacial score (nSPS) is 13.3. The van der Waals surface area contributed by atoms with Crippen LogP contribution in [0.4, 0.5) is 0 Å². The SMILES string of the molecule is COc1cc(/C(C)=C(\C)C(=O)CC(=O)C(C)C(C)c2ccc(OCCN)c(OC)c2)ccc1OCCN. The molecule has 2 atom stereocenters. The van der Waals surface area contributed by atoms with Gasteiger partial charge < -0.3 is 30.4 Å². The molecule has 8 heteroatoms. The number of hydrogen-bond donors (Lipinski definition) is 2. The van der Waals surface area contributed by atoms with E-state index in [9.17, 15) is 9.59 Å². The van der Waals surface area contributed by atoms with Crippen molar-refractivity contribution in [2.24, 2.45) is 17.4 Å². The quantitative estimate of drug-likeness (QED) is 0.270. The molecule has 37 heavy (non-hydrogen) atoms. The molecule has 2 unspecified atom stereocenters. The number of methoxy groups -OCH3 is 2. The highest BCUT2D eigenvalue weighted by Gasteiger charge is 2.25. The van der Waals surface area contributed by atoms with Crippen LogP contribution in [0.3, 0.4) is 0 Å². The third-order valence-corrected chi connectivity index (χ3v) is 6.63. The van der Waals surface area contributed by atoms with Crippen LogP contribution in [0.1, 0.15) is 51.2 Å². The molecule has 202 valence electrons. The number of hydrogen-bond acceptors (Lipinski definition) is 8. The smallest absolute Gasteiger partial charge is 0.166 e. The van der Waals surface area contributed by atoms with E-state index in [1.54, 1.807) is 27.2 Å². The van der Waals surface area contributed by atoms with Gasteiger partial charge in [-0.1, -0.05) is 26.0 Å². The van der Waals surface area contributed by atoms with Gasteiger partial charge >= 0.3 is 0 Å². The summed E-state index contributed by atoms with van der Waals surface area (Å²) in [6.07, 6.45) is -0.168. The molecule has 0 spiro atoms. The zero-order valence-corrected chi connectivity index (χ0v) is 22.8. The van der Waals surface area contributed by atoms with Crippen LogP contribution >= 0.6 is 0 Å². The van der Waals surface area contributed by atoms with Gasteiger partial charge in [-0.15, -0.1) is 0 Å². The van der Waals surface area contributed by atoms with E-state index in [0.29, 0.717) is 54.9 Å². The van der Waals surface area contributed by atoms with E-state index in [2.05, 4.69) is 0 Å². The summed E-state index contributed by atoms with van der Waals surface area (Å²) in [6, 6.07) is 11.1. The molecule has 0 radical (unpaired) electrons. The van der Waals surface area contributed by atoms with E-state index in [1.165, 1.54) is 0 Å². The van der Waals surface area contributed by atoms with Gasteiger partial charge in [0.05, 0.1) is 20.6 Å². The topological polar surface area (TPSA) is 123 Å². The first-order valence-electron chi connectivity index (χ1n) is 12.4. The van der Waals surface area contributed by atoms with E-state index in [4.69, 9.17) is 30.4 Å². The van der Waals surface area contributed by atoms with Gasteiger partial charge in [0, 0.05) is 19.0 Å². The predicted octanol–water partition coefficient (Wildman–Crippen LogP) is 4.14. The number of carbonyl (C=O) groups is 2. The molecular formula is C29H40N2O6. The fourth-order valence-corrected chi connectivity index (χ4v) is 3.89. The average Bonchev–Trinajstić information content (AvgIpc) is 2.92. The molecule has 0 saturated carbocycles. The van der Waals surface area contributed by atoms with Crippen LogP contribution in [0.15, 0.2) is 42.0 Å². The number of nitrogens with two attached hydrogens (primary N) is 2. The Balaban J connectivity index is 2.15. The van der Waals surface area contributed by atoms with Gasteiger partial charge in [-0.3, -0.25) is 9.59 Å². The Bertz CT molecular complexity index is 1110. The van der Waals surface area contributed by atoms with Crippen LogP contribution in [0, 0.1) is 5.92 Å². The zero-order chi connectivity index (χ0) is 27.5. The highest BCUT2D eigenvalue weighted by Crippen LogP contribution is 2.35. The number of benzene rings is 2. The Morgan fingerprint density at radius 2 is 1.35 bits per heavy atom. The molecule has 2 aromatic carbocycles. The van der Waals surface area contributed by atoms with E-state index < -0.39 is 0 Å². The molecule has 0 fully saturated rings. The average molecular weight is 513 g/mol. The van der Waals surface area contributed by atoms with Gasteiger partial charge in [-0.25, -0.2) is 0 Å². The molecule has 8 nitrogen and oxygen atoms in total. The molecule has 0 aromatic heterocycles. The number of Topliss-reactive ketones (excluding diaryl/α,β-unsaturated/α-hetero) is 2. The second-order valence-electron chi connectivity index (χ2n) is 8.94. The molecule has 0 aliphatic rings. The summed E-state index contributed by atoms with van der Waals surface area (Å²) in [5.41, 5.74) is 14.1. The predicted molar refractivity (Wildman–Crippen MR) is 146 cm³/mol. The van der Waals surface area contributed by atoms with Crippen LogP contribution in [0.5, 0.6) is 23.0 Å². The van der Waals surface area contributed by atoms with Crippen molar-refractivity contribution in [1.82, 2.24) is 0 Å². The van der Waals surface area contributed by atoms with Crippen molar-refractivity contribution >= 4 is 17.1 Å². The minimum absolute atomic E-state index is 0.116. The van der Waals surface area contributed by atoms with Gasteiger partial charge in [0.2, 0.25) is 0 Å². The van der Waals surface area contributed by atoms with Crippen LogP contribution in [0.25, 0.3) is 5.57 Å². The third-order valence-electron chi connectivity index (χ3n) is 6.63. The second kappa shape index (κ2) is 14.4. The molecule has 4 N–H and O–H groups in total. The minimum Gasteiger partial charge on any atom is -0.493 e. The van der Waals surface area contributed by atoms with Crippen molar-refractivity contribution in [3.63, 3.8) is 0 Å². The van der Waals surface area contributed by atoms with Gasteiger partial charge in [-0.2, -0.15) is 0 Å². The number of carbonyl (C=O) groups excluding carboxylic acids is 2. The Kier molecular flexibility index (Phi) is 11.6. The molecule has 0 aliphatic carbocycles. The lowest BCUT2D eigenvalue weighted by Gasteiger charge is -2.21.